The summed E-state index contributed by atoms with van der Waals surface area (Å²) in [5.41, 5.74) is -0.290. The standard InChI is InChI=1S/C12H15N3O4S/c1-3-12(2,16)11-8-15(14-13-11)9-5-4-6-10(7-9)20(17,18)19/h4-8,16H,3H2,1-2H3,(H,17,18,19)/t12-/m1/s1. The molecule has 1 atom stereocenters. The van der Waals surface area contributed by atoms with Crippen LogP contribution in [0.2, 0.25) is 0 Å². The molecule has 0 amide bonds. The molecule has 0 aliphatic heterocycles. The van der Waals surface area contributed by atoms with Gasteiger partial charge in [0.2, 0.25) is 0 Å². The zero-order valence-electron chi connectivity index (χ0n) is 11.1. The quantitative estimate of drug-likeness (QED) is 0.820. The van der Waals surface area contributed by atoms with E-state index in [-0.39, 0.29) is 4.90 Å². The Hall–Kier alpha value is -1.77. The van der Waals surface area contributed by atoms with Gasteiger partial charge in [0.25, 0.3) is 10.1 Å². The Morgan fingerprint density at radius 1 is 1.40 bits per heavy atom. The van der Waals surface area contributed by atoms with Gasteiger partial charge >= 0.3 is 0 Å². The topological polar surface area (TPSA) is 105 Å². The second-order valence-electron chi connectivity index (χ2n) is 4.65. The summed E-state index contributed by atoms with van der Waals surface area (Å²) in [6.45, 7) is 3.44. The predicted octanol–water partition coefficient (Wildman–Crippen LogP) is 1.13. The average Bonchev–Trinajstić information content (AvgIpc) is 2.88. The summed E-state index contributed by atoms with van der Waals surface area (Å²) < 4.78 is 32.6. The molecule has 0 radical (unpaired) electrons. The number of aliphatic hydroxyl groups is 1. The normalized spacial score (nSPS) is 15.0. The van der Waals surface area contributed by atoms with Crippen molar-refractivity contribution in [2.45, 2.75) is 30.8 Å². The largest absolute Gasteiger partial charge is 0.384 e. The summed E-state index contributed by atoms with van der Waals surface area (Å²) in [5.74, 6) is 0. The molecule has 2 N–H and O–H groups in total. The molecule has 0 spiro atoms. The van der Waals surface area contributed by atoms with Crippen LogP contribution in [0.25, 0.3) is 5.69 Å². The molecule has 0 aliphatic carbocycles. The number of hydrogen-bond acceptors (Lipinski definition) is 5. The fourth-order valence-electron chi connectivity index (χ4n) is 1.60. The molecule has 20 heavy (non-hydrogen) atoms. The minimum Gasteiger partial charge on any atom is -0.384 e. The first-order chi connectivity index (χ1) is 9.24. The molecule has 0 saturated carbocycles. The lowest BCUT2D eigenvalue weighted by Crippen LogP contribution is -2.20. The van der Waals surface area contributed by atoms with E-state index >= 15 is 0 Å². The lowest BCUT2D eigenvalue weighted by atomic mass is 10.0. The van der Waals surface area contributed by atoms with Crippen molar-refractivity contribution in [1.29, 1.82) is 0 Å². The molecular formula is C12H15N3O4S. The minimum absolute atomic E-state index is 0.227. The first-order valence-electron chi connectivity index (χ1n) is 5.97. The van der Waals surface area contributed by atoms with Crippen molar-refractivity contribution in [3.63, 3.8) is 0 Å². The van der Waals surface area contributed by atoms with Gasteiger partial charge in [0.1, 0.15) is 11.3 Å². The molecule has 2 rings (SSSR count). The highest BCUT2D eigenvalue weighted by Crippen LogP contribution is 2.22. The number of aromatic nitrogens is 3. The second-order valence-corrected chi connectivity index (χ2v) is 6.07. The maximum atomic E-state index is 11.1. The van der Waals surface area contributed by atoms with E-state index in [0.29, 0.717) is 17.8 Å². The van der Waals surface area contributed by atoms with E-state index in [1.165, 1.54) is 29.1 Å². The SMILES string of the molecule is CC[C@@](C)(O)c1cn(-c2cccc(S(=O)(=O)O)c2)nn1. The van der Waals surface area contributed by atoms with E-state index in [4.69, 9.17) is 4.55 Å². The first kappa shape index (κ1) is 14.6. The Morgan fingerprint density at radius 2 is 2.10 bits per heavy atom. The maximum absolute atomic E-state index is 11.1. The molecule has 0 fully saturated rings. The Balaban J connectivity index is 2.43. The second kappa shape index (κ2) is 4.97. The van der Waals surface area contributed by atoms with Crippen molar-refractivity contribution in [2.75, 3.05) is 0 Å². The molecular weight excluding hydrogens is 282 g/mol. The lowest BCUT2D eigenvalue weighted by Gasteiger charge is -2.16. The van der Waals surface area contributed by atoms with Gasteiger partial charge in [-0.15, -0.1) is 5.10 Å². The Morgan fingerprint density at radius 3 is 2.70 bits per heavy atom. The van der Waals surface area contributed by atoms with Gasteiger partial charge in [0.05, 0.1) is 16.8 Å². The number of hydrogen-bond donors (Lipinski definition) is 2. The Bertz CT molecular complexity index is 722. The van der Waals surface area contributed by atoms with Gasteiger partial charge in [0, 0.05) is 0 Å². The molecule has 7 nitrogen and oxygen atoms in total. The van der Waals surface area contributed by atoms with Crippen LogP contribution in [0.3, 0.4) is 0 Å². The van der Waals surface area contributed by atoms with Crippen LogP contribution in [0, 0.1) is 0 Å². The highest BCUT2D eigenvalue weighted by atomic mass is 32.2. The van der Waals surface area contributed by atoms with Gasteiger partial charge in [-0.25, -0.2) is 4.68 Å². The van der Waals surface area contributed by atoms with Crippen LogP contribution in [0.5, 0.6) is 0 Å². The van der Waals surface area contributed by atoms with Crippen molar-refractivity contribution in [1.82, 2.24) is 15.0 Å². The van der Waals surface area contributed by atoms with Crippen molar-refractivity contribution in [3.8, 4) is 5.69 Å². The Labute approximate surface area is 116 Å². The molecule has 0 bridgehead atoms. The fourth-order valence-corrected chi connectivity index (χ4v) is 2.12. The van der Waals surface area contributed by atoms with Gasteiger partial charge in [-0.2, -0.15) is 8.42 Å². The molecule has 0 saturated heterocycles. The van der Waals surface area contributed by atoms with Crippen LogP contribution in [-0.2, 0) is 15.7 Å². The molecule has 1 aromatic carbocycles. The van der Waals surface area contributed by atoms with Crippen LogP contribution in [0.1, 0.15) is 26.0 Å². The van der Waals surface area contributed by atoms with Crippen LogP contribution < -0.4 is 0 Å². The third kappa shape index (κ3) is 2.87. The molecule has 8 heteroatoms. The van der Waals surface area contributed by atoms with Crippen LogP contribution >= 0.6 is 0 Å². The monoisotopic (exact) mass is 297 g/mol. The smallest absolute Gasteiger partial charge is 0.294 e. The van der Waals surface area contributed by atoms with E-state index in [1.807, 2.05) is 6.92 Å². The van der Waals surface area contributed by atoms with Gasteiger partial charge in [-0.05, 0) is 31.5 Å². The molecule has 108 valence electrons. The van der Waals surface area contributed by atoms with E-state index < -0.39 is 15.7 Å². The van der Waals surface area contributed by atoms with Crippen molar-refractivity contribution >= 4 is 10.1 Å². The Kier molecular flexibility index (Phi) is 3.63. The summed E-state index contributed by atoms with van der Waals surface area (Å²) in [5, 5.41) is 17.8. The van der Waals surface area contributed by atoms with Gasteiger partial charge in [0.15, 0.2) is 0 Å². The van der Waals surface area contributed by atoms with E-state index in [2.05, 4.69) is 10.3 Å². The highest BCUT2D eigenvalue weighted by molar-refractivity contribution is 7.85. The number of benzene rings is 1. The van der Waals surface area contributed by atoms with Crippen LogP contribution in [0.15, 0.2) is 35.4 Å². The van der Waals surface area contributed by atoms with Crippen LogP contribution in [-0.4, -0.2) is 33.1 Å². The average molecular weight is 297 g/mol. The predicted molar refractivity (Wildman–Crippen MR) is 71.0 cm³/mol. The van der Waals surface area contributed by atoms with Crippen molar-refractivity contribution in [3.05, 3.63) is 36.2 Å². The minimum atomic E-state index is -4.27. The molecule has 1 heterocycles. The molecule has 1 aromatic heterocycles. The molecule has 0 unspecified atom stereocenters. The first-order valence-corrected chi connectivity index (χ1v) is 7.41. The summed E-state index contributed by atoms with van der Waals surface area (Å²) in [7, 11) is -4.27. The third-order valence-corrected chi connectivity index (χ3v) is 3.96. The van der Waals surface area contributed by atoms with Gasteiger partial charge in [-0.1, -0.05) is 18.2 Å². The van der Waals surface area contributed by atoms with Gasteiger partial charge in [-0.3, -0.25) is 4.55 Å². The van der Waals surface area contributed by atoms with E-state index in [1.54, 1.807) is 13.0 Å². The summed E-state index contributed by atoms with van der Waals surface area (Å²) in [6, 6.07) is 5.65. The fraction of sp³-hybridized carbons (Fsp3) is 0.333. The zero-order chi connectivity index (χ0) is 15.0. The van der Waals surface area contributed by atoms with Crippen LogP contribution in [0.4, 0.5) is 0 Å². The van der Waals surface area contributed by atoms with Crippen molar-refractivity contribution < 1.29 is 18.1 Å². The number of rotatable bonds is 4. The third-order valence-electron chi connectivity index (χ3n) is 3.11. The lowest BCUT2D eigenvalue weighted by molar-refractivity contribution is 0.0484. The summed E-state index contributed by atoms with van der Waals surface area (Å²) in [4.78, 5) is -0.227. The maximum Gasteiger partial charge on any atom is 0.294 e. The highest BCUT2D eigenvalue weighted by Gasteiger charge is 2.24. The summed E-state index contributed by atoms with van der Waals surface area (Å²) in [6.07, 6.45) is 1.99. The van der Waals surface area contributed by atoms with Crippen molar-refractivity contribution in [2.24, 2.45) is 0 Å². The number of nitrogens with zero attached hydrogens (tertiary/aromatic N) is 3. The summed E-state index contributed by atoms with van der Waals surface area (Å²) >= 11 is 0. The molecule has 0 aliphatic rings. The molecule has 2 aromatic rings. The van der Waals surface area contributed by atoms with Gasteiger partial charge < -0.3 is 5.11 Å². The van der Waals surface area contributed by atoms with E-state index in [0.717, 1.165) is 0 Å². The zero-order valence-corrected chi connectivity index (χ0v) is 11.9. The van der Waals surface area contributed by atoms with E-state index in [9.17, 15) is 13.5 Å².